The lowest BCUT2D eigenvalue weighted by molar-refractivity contribution is 1.29. The molecule has 0 bridgehead atoms. The Labute approximate surface area is 374 Å². The Hall–Kier alpha value is -7.56. The van der Waals surface area contributed by atoms with Crippen molar-refractivity contribution in [3.63, 3.8) is 0 Å². The molecule has 10 aromatic carbocycles. The SMILES string of the molecule is c1ccc(-c2ccc(N(c3ccc(-c4ccc([Si](c5ccccc5)(c5ccccc5)c5ccccc5)cc4)cc3)c3ccc4c(c3)sc3cc(-c5ccccc5)ccc34)cc2)cc1. The Morgan fingerprint density at radius 1 is 0.254 bits per heavy atom. The van der Waals surface area contributed by atoms with E-state index in [1.165, 1.54) is 74.3 Å². The van der Waals surface area contributed by atoms with Crippen LogP contribution in [0, 0.1) is 0 Å². The van der Waals surface area contributed by atoms with Gasteiger partial charge in [0.15, 0.2) is 8.07 Å². The first kappa shape index (κ1) is 38.4. The van der Waals surface area contributed by atoms with Gasteiger partial charge < -0.3 is 4.90 Å². The van der Waals surface area contributed by atoms with Crippen molar-refractivity contribution in [2.24, 2.45) is 0 Å². The highest BCUT2D eigenvalue weighted by Crippen LogP contribution is 2.42. The standard InChI is InChI=1S/C60H43NSSi/c1-6-16-44(17-7-1)46-26-33-50(34-27-46)61(52-37-41-58-57-40-32-49(45-18-8-2-9-19-45)42-59(57)62-60(58)43-52)51-35-28-47(29-36-51)48-30-38-56(39-31-48)63(53-20-10-3-11-21-53,54-22-12-4-13-23-54)55-24-14-5-15-25-55/h1-43H. The fraction of sp³-hybridized carbons (Fsp3) is 0. The number of nitrogens with zero attached hydrogens (tertiary/aromatic N) is 1. The fourth-order valence-corrected chi connectivity index (χ4v) is 15.3. The summed E-state index contributed by atoms with van der Waals surface area (Å²) >= 11 is 1.87. The summed E-state index contributed by atoms with van der Waals surface area (Å²) in [7, 11) is -2.60. The zero-order valence-corrected chi connectivity index (χ0v) is 36.5. The predicted molar refractivity (Wildman–Crippen MR) is 274 cm³/mol. The zero-order valence-electron chi connectivity index (χ0n) is 34.7. The number of benzene rings is 10. The molecule has 0 fully saturated rings. The van der Waals surface area contributed by atoms with Crippen molar-refractivity contribution < 1.29 is 0 Å². The lowest BCUT2D eigenvalue weighted by atomic mass is 10.0. The molecule has 0 radical (unpaired) electrons. The number of hydrogen-bond acceptors (Lipinski definition) is 2. The highest BCUT2D eigenvalue weighted by molar-refractivity contribution is 7.26. The molecule has 0 saturated carbocycles. The molecule has 0 atom stereocenters. The molecule has 0 saturated heterocycles. The van der Waals surface area contributed by atoms with Gasteiger partial charge in [0.1, 0.15) is 0 Å². The highest BCUT2D eigenvalue weighted by Gasteiger charge is 2.41. The molecule has 63 heavy (non-hydrogen) atoms. The van der Waals surface area contributed by atoms with E-state index in [9.17, 15) is 0 Å². The van der Waals surface area contributed by atoms with Gasteiger partial charge >= 0.3 is 0 Å². The summed E-state index contributed by atoms with van der Waals surface area (Å²) in [6.45, 7) is 0. The van der Waals surface area contributed by atoms with Gasteiger partial charge in [-0.1, -0.05) is 218 Å². The molecule has 11 rings (SSSR count). The first-order valence-electron chi connectivity index (χ1n) is 21.6. The minimum atomic E-state index is -2.60. The number of thiophene rings is 1. The van der Waals surface area contributed by atoms with E-state index in [1.54, 1.807) is 0 Å². The quantitative estimate of drug-likeness (QED) is 0.0980. The van der Waals surface area contributed by atoms with Gasteiger partial charge in [-0.25, -0.2) is 0 Å². The van der Waals surface area contributed by atoms with Crippen molar-refractivity contribution in [1.29, 1.82) is 0 Å². The smallest absolute Gasteiger partial charge is 0.179 e. The van der Waals surface area contributed by atoms with E-state index in [0.29, 0.717) is 0 Å². The van der Waals surface area contributed by atoms with Gasteiger partial charge in [-0.2, -0.15) is 0 Å². The molecule has 0 N–H and O–H groups in total. The van der Waals surface area contributed by atoms with Crippen molar-refractivity contribution >= 4 is 77.4 Å². The monoisotopic (exact) mass is 837 g/mol. The van der Waals surface area contributed by atoms with Crippen LogP contribution < -0.4 is 25.6 Å². The molecule has 3 heteroatoms. The van der Waals surface area contributed by atoms with Crippen LogP contribution >= 0.6 is 11.3 Å². The first-order chi connectivity index (χ1) is 31.2. The van der Waals surface area contributed by atoms with Gasteiger partial charge in [-0.15, -0.1) is 11.3 Å². The van der Waals surface area contributed by atoms with Crippen molar-refractivity contribution in [2.75, 3.05) is 4.90 Å². The van der Waals surface area contributed by atoms with Gasteiger partial charge in [0, 0.05) is 37.2 Å². The van der Waals surface area contributed by atoms with Crippen LogP contribution in [0.3, 0.4) is 0 Å². The summed E-state index contributed by atoms with van der Waals surface area (Å²) in [5.74, 6) is 0. The Kier molecular flexibility index (Phi) is 10.2. The van der Waals surface area contributed by atoms with Crippen LogP contribution in [0.15, 0.2) is 261 Å². The third-order valence-electron chi connectivity index (χ3n) is 12.5. The van der Waals surface area contributed by atoms with Crippen molar-refractivity contribution in [1.82, 2.24) is 0 Å². The molecule has 0 aliphatic rings. The third-order valence-corrected chi connectivity index (χ3v) is 18.4. The molecule has 0 aliphatic heterocycles. The number of fused-ring (bicyclic) bond motifs is 3. The van der Waals surface area contributed by atoms with E-state index in [1.807, 2.05) is 11.3 Å². The van der Waals surface area contributed by atoms with Crippen molar-refractivity contribution in [3.05, 3.63) is 261 Å². The molecule has 0 amide bonds. The maximum atomic E-state index is 2.39. The van der Waals surface area contributed by atoms with Crippen LogP contribution in [0.25, 0.3) is 53.6 Å². The molecule has 298 valence electrons. The van der Waals surface area contributed by atoms with Crippen LogP contribution in [-0.2, 0) is 0 Å². The Morgan fingerprint density at radius 2 is 0.571 bits per heavy atom. The molecule has 1 heterocycles. The topological polar surface area (TPSA) is 3.24 Å². The average Bonchev–Trinajstić information content (AvgIpc) is 3.74. The van der Waals surface area contributed by atoms with E-state index >= 15 is 0 Å². The summed E-state index contributed by atoms with van der Waals surface area (Å²) in [5, 5.41) is 8.08. The Morgan fingerprint density at radius 3 is 1.03 bits per heavy atom. The lowest BCUT2D eigenvalue weighted by Crippen LogP contribution is -2.74. The number of anilines is 3. The van der Waals surface area contributed by atoms with Crippen LogP contribution in [0.4, 0.5) is 17.1 Å². The van der Waals surface area contributed by atoms with Gasteiger partial charge in [0.25, 0.3) is 0 Å². The van der Waals surface area contributed by atoms with E-state index in [2.05, 4.69) is 266 Å². The predicted octanol–water partition coefficient (Wildman–Crippen LogP) is 13.9. The molecule has 0 aliphatic carbocycles. The van der Waals surface area contributed by atoms with Gasteiger partial charge in [-0.3, -0.25) is 0 Å². The highest BCUT2D eigenvalue weighted by atomic mass is 32.1. The zero-order chi connectivity index (χ0) is 42.0. The van der Waals surface area contributed by atoms with E-state index in [0.717, 1.165) is 17.1 Å². The Balaban J connectivity index is 0.976. The van der Waals surface area contributed by atoms with E-state index in [-0.39, 0.29) is 0 Å². The average molecular weight is 838 g/mol. The van der Waals surface area contributed by atoms with Gasteiger partial charge in [0.05, 0.1) is 0 Å². The molecule has 1 nitrogen and oxygen atoms in total. The first-order valence-corrected chi connectivity index (χ1v) is 24.4. The molecule has 11 aromatic rings. The van der Waals surface area contributed by atoms with Gasteiger partial charge in [-0.05, 0) is 96.6 Å². The molecular weight excluding hydrogens is 795 g/mol. The van der Waals surface area contributed by atoms with Crippen LogP contribution in [0.1, 0.15) is 0 Å². The second kappa shape index (κ2) is 16.7. The van der Waals surface area contributed by atoms with Gasteiger partial charge in [0.2, 0.25) is 0 Å². The van der Waals surface area contributed by atoms with Crippen LogP contribution in [0.5, 0.6) is 0 Å². The summed E-state index contributed by atoms with van der Waals surface area (Å²) < 4.78 is 2.57. The summed E-state index contributed by atoms with van der Waals surface area (Å²) in [6, 6.07) is 95.9. The van der Waals surface area contributed by atoms with Crippen LogP contribution in [0.2, 0.25) is 0 Å². The Bertz CT molecular complexity index is 3180. The summed E-state index contributed by atoms with van der Waals surface area (Å²) in [6.07, 6.45) is 0. The van der Waals surface area contributed by atoms with Crippen LogP contribution in [-0.4, -0.2) is 8.07 Å². The molecule has 0 unspecified atom stereocenters. The number of rotatable bonds is 10. The summed E-state index contributed by atoms with van der Waals surface area (Å²) in [4.78, 5) is 2.39. The molecular formula is C60H43NSSi. The fourth-order valence-electron chi connectivity index (χ4n) is 9.38. The minimum absolute atomic E-state index is 1.11. The second-order valence-electron chi connectivity index (χ2n) is 16.1. The second-order valence-corrected chi connectivity index (χ2v) is 21.0. The third kappa shape index (κ3) is 7.17. The van der Waals surface area contributed by atoms with Crippen molar-refractivity contribution in [3.8, 4) is 33.4 Å². The lowest BCUT2D eigenvalue weighted by Gasteiger charge is -2.34. The molecule has 0 spiro atoms. The normalized spacial score (nSPS) is 11.5. The van der Waals surface area contributed by atoms with Crippen molar-refractivity contribution in [2.45, 2.75) is 0 Å². The van der Waals surface area contributed by atoms with E-state index in [4.69, 9.17) is 0 Å². The minimum Gasteiger partial charge on any atom is -0.310 e. The number of hydrogen-bond donors (Lipinski definition) is 0. The maximum absolute atomic E-state index is 2.60. The molecule has 1 aromatic heterocycles. The van der Waals surface area contributed by atoms with E-state index < -0.39 is 8.07 Å². The largest absolute Gasteiger partial charge is 0.310 e. The maximum Gasteiger partial charge on any atom is 0.179 e. The summed E-state index contributed by atoms with van der Waals surface area (Å²) in [5.41, 5.74) is 10.6.